The van der Waals surface area contributed by atoms with Crippen molar-refractivity contribution in [3.63, 3.8) is 0 Å². The summed E-state index contributed by atoms with van der Waals surface area (Å²) in [5, 5.41) is 0.566. The van der Waals surface area contributed by atoms with Crippen molar-refractivity contribution >= 4 is 42.6 Å². The number of amides is 1. The molecule has 0 atom stereocenters. The van der Waals surface area contributed by atoms with Gasteiger partial charge in [0.15, 0.2) is 16.6 Å². The number of carbonyl (C=O) groups is 1. The summed E-state index contributed by atoms with van der Waals surface area (Å²) in [5.41, 5.74) is 2.01. The van der Waals surface area contributed by atoms with Gasteiger partial charge in [-0.3, -0.25) is 9.69 Å². The van der Waals surface area contributed by atoms with Crippen LogP contribution in [0.15, 0.2) is 71.6 Å². The zero-order chi connectivity index (χ0) is 27.6. The van der Waals surface area contributed by atoms with Gasteiger partial charge in [0.2, 0.25) is 16.8 Å². The predicted octanol–water partition coefficient (Wildman–Crippen LogP) is 1.45. The Kier molecular flexibility index (Phi) is 9.32. The van der Waals surface area contributed by atoms with Crippen molar-refractivity contribution in [1.82, 2.24) is 14.2 Å². The third kappa shape index (κ3) is 6.39. The van der Waals surface area contributed by atoms with E-state index in [1.54, 1.807) is 24.1 Å². The molecule has 5 rings (SSSR count). The molecule has 40 heavy (non-hydrogen) atoms. The molecule has 0 saturated heterocycles. The third-order valence-electron chi connectivity index (χ3n) is 6.39. The number of hydrogen-bond donors (Lipinski definition) is 0. The van der Waals surface area contributed by atoms with Crippen molar-refractivity contribution in [2.45, 2.75) is 17.9 Å². The Morgan fingerprint density at radius 1 is 0.950 bits per heavy atom. The standard InChI is InChI=1S/C28H30N4O5S2.ClH/c1-30(2)14-7-15-32(28-29-23-16-24-25(37-19-36-24)17-26(23)38-28)27(33)21-10-12-22(13-11-21)39(34,35)31(3)18-20-8-5-4-6-9-20;/h4-6,8-13,16-17H,7,14-15,18-19H2,1-3H3;1H/p-1. The van der Waals surface area contributed by atoms with Crippen LogP contribution in [0.25, 0.3) is 10.2 Å². The number of halogens is 1. The Hall–Kier alpha value is -3.22. The quantitative estimate of drug-likeness (QED) is 0.272. The largest absolute Gasteiger partial charge is 1.00 e. The lowest BCUT2D eigenvalue weighted by molar-refractivity contribution is -0.0000194. The number of thiazole rings is 1. The number of sulfonamides is 1. The summed E-state index contributed by atoms with van der Waals surface area (Å²) in [6.07, 6.45) is 0.744. The van der Waals surface area contributed by atoms with Crippen molar-refractivity contribution in [2.75, 3.05) is 45.9 Å². The van der Waals surface area contributed by atoms with Gasteiger partial charge in [0.05, 0.1) is 15.1 Å². The van der Waals surface area contributed by atoms with E-state index in [1.165, 1.54) is 27.8 Å². The van der Waals surface area contributed by atoms with Crippen molar-refractivity contribution in [3.8, 4) is 11.5 Å². The Bertz CT molecular complexity index is 1540. The summed E-state index contributed by atoms with van der Waals surface area (Å²) in [7, 11) is 1.79. The van der Waals surface area contributed by atoms with Crippen LogP contribution in [0.4, 0.5) is 5.13 Å². The summed E-state index contributed by atoms with van der Waals surface area (Å²) >= 11 is 1.41. The SMILES string of the molecule is CN(C)CCCN(C(=O)c1ccc(S(=O)(=O)N(C)Cc2ccccc2)cc1)c1nc2cc3c(cc2s1)OCO3.[Cl-]. The first-order valence-electron chi connectivity index (χ1n) is 12.5. The summed E-state index contributed by atoms with van der Waals surface area (Å²) < 4.78 is 39.5. The maximum absolute atomic E-state index is 13.7. The maximum Gasteiger partial charge on any atom is 0.260 e. The molecule has 1 aromatic heterocycles. The van der Waals surface area contributed by atoms with Gasteiger partial charge in [-0.15, -0.1) is 0 Å². The van der Waals surface area contributed by atoms with Crippen LogP contribution in [0.1, 0.15) is 22.3 Å². The number of carbonyl (C=O) groups excluding carboxylic acids is 1. The summed E-state index contributed by atoms with van der Waals surface area (Å²) in [6, 6.07) is 19.2. The van der Waals surface area contributed by atoms with E-state index in [1.807, 2.05) is 56.6 Å². The molecule has 1 aliphatic rings. The lowest BCUT2D eigenvalue weighted by atomic mass is 10.2. The monoisotopic (exact) mass is 601 g/mol. The van der Waals surface area contributed by atoms with Crippen LogP contribution >= 0.6 is 11.3 Å². The lowest BCUT2D eigenvalue weighted by Crippen LogP contribution is -3.00. The molecule has 4 aromatic rings. The van der Waals surface area contributed by atoms with Gasteiger partial charge in [-0.2, -0.15) is 4.31 Å². The number of hydrogen-bond acceptors (Lipinski definition) is 8. The molecule has 1 aliphatic heterocycles. The lowest BCUT2D eigenvalue weighted by Gasteiger charge is -2.21. The van der Waals surface area contributed by atoms with Crippen LogP contribution < -0.4 is 26.8 Å². The number of fused-ring (bicyclic) bond motifs is 2. The van der Waals surface area contributed by atoms with Crippen molar-refractivity contribution in [3.05, 3.63) is 77.9 Å². The number of benzene rings is 3. The minimum atomic E-state index is -3.73. The van der Waals surface area contributed by atoms with E-state index in [0.717, 1.165) is 28.7 Å². The average molecular weight is 602 g/mol. The highest BCUT2D eigenvalue weighted by atomic mass is 35.5. The average Bonchev–Trinajstić information content (AvgIpc) is 3.55. The van der Waals surface area contributed by atoms with Crippen LogP contribution in [0.3, 0.4) is 0 Å². The molecule has 3 aromatic carbocycles. The third-order valence-corrected chi connectivity index (χ3v) is 9.25. The van der Waals surface area contributed by atoms with Gasteiger partial charge in [-0.05, 0) is 56.9 Å². The van der Waals surface area contributed by atoms with Gasteiger partial charge >= 0.3 is 0 Å². The van der Waals surface area contributed by atoms with E-state index in [0.29, 0.717) is 28.7 Å². The summed E-state index contributed by atoms with van der Waals surface area (Å²) in [6.45, 7) is 1.70. The fraction of sp³-hybridized carbons (Fsp3) is 0.286. The van der Waals surface area contributed by atoms with Crippen molar-refractivity contribution in [2.24, 2.45) is 0 Å². The first-order chi connectivity index (χ1) is 18.7. The van der Waals surface area contributed by atoms with Crippen LogP contribution in [-0.2, 0) is 16.6 Å². The molecular weight excluding hydrogens is 572 g/mol. The fourth-order valence-electron chi connectivity index (χ4n) is 4.28. The molecule has 0 spiro atoms. The van der Waals surface area contributed by atoms with E-state index in [9.17, 15) is 13.2 Å². The molecule has 2 heterocycles. The second kappa shape index (κ2) is 12.5. The molecule has 212 valence electrons. The van der Waals surface area contributed by atoms with Crippen LogP contribution in [0.5, 0.6) is 11.5 Å². The number of ether oxygens (including phenoxy) is 2. The molecule has 0 bridgehead atoms. The Morgan fingerprint density at radius 2 is 1.62 bits per heavy atom. The Morgan fingerprint density at radius 3 is 2.30 bits per heavy atom. The summed E-state index contributed by atoms with van der Waals surface area (Å²) in [5.74, 6) is 1.06. The normalized spacial score (nSPS) is 12.6. The Balaban J connectivity index is 0.00000370. The van der Waals surface area contributed by atoms with Crippen molar-refractivity contribution in [1.29, 1.82) is 0 Å². The van der Waals surface area contributed by atoms with E-state index >= 15 is 0 Å². The van der Waals surface area contributed by atoms with E-state index < -0.39 is 10.0 Å². The molecule has 12 heteroatoms. The van der Waals surface area contributed by atoms with Gasteiger partial charge in [-0.25, -0.2) is 13.4 Å². The van der Waals surface area contributed by atoms with Gasteiger partial charge in [-0.1, -0.05) is 41.7 Å². The minimum Gasteiger partial charge on any atom is -1.00 e. The molecular formula is C28H30ClN4O5S2-. The number of anilines is 1. The maximum atomic E-state index is 13.7. The molecule has 0 N–H and O–H groups in total. The zero-order valence-corrected chi connectivity index (χ0v) is 24.8. The second-order valence-corrected chi connectivity index (χ2v) is 12.6. The van der Waals surface area contributed by atoms with Gasteiger partial charge in [0, 0.05) is 37.8 Å². The fourth-order valence-corrected chi connectivity index (χ4v) is 6.44. The van der Waals surface area contributed by atoms with Crippen LogP contribution in [-0.4, -0.2) is 69.5 Å². The van der Waals surface area contributed by atoms with Gasteiger partial charge < -0.3 is 26.8 Å². The minimum absolute atomic E-state index is 0. The highest BCUT2D eigenvalue weighted by molar-refractivity contribution is 7.89. The molecule has 0 aliphatic carbocycles. The first-order valence-corrected chi connectivity index (χ1v) is 14.7. The number of rotatable bonds is 10. The predicted molar refractivity (Wildman–Crippen MR) is 152 cm³/mol. The van der Waals surface area contributed by atoms with Crippen LogP contribution in [0.2, 0.25) is 0 Å². The Labute approximate surface area is 244 Å². The number of nitrogens with zero attached hydrogens (tertiary/aromatic N) is 4. The number of aromatic nitrogens is 1. The van der Waals surface area contributed by atoms with Gasteiger partial charge in [0.25, 0.3) is 5.91 Å². The van der Waals surface area contributed by atoms with E-state index in [2.05, 4.69) is 4.90 Å². The zero-order valence-electron chi connectivity index (χ0n) is 22.4. The first kappa shape index (κ1) is 29.8. The highest BCUT2D eigenvalue weighted by Crippen LogP contribution is 2.40. The molecule has 0 unspecified atom stereocenters. The molecule has 0 fully saturated rings. The topological polar surface area (TPSA) is 92.3 Å². The second-order valence-electron chi connectivity index (χ2n) is 9.55. The molecule has 9 nitrogen and oxygen atoms in total. The van der Waals surface area contributed by atoms with E-state index in [4.69, 9.17) is 14.5 Å². The van der Waals surface area contributed by atoms with Crippen molar-refractivity contribution < 1.29 is 35.1 Å². The molecule has 1 amide bonds. The van der Waals surface area contributed by atoms with E-state index in [-0.39, 0.29) is 36.5 Å². The van der Waals surface area contributed by atoms with Gasteiger partial charge in [0.1, 0.15) is 0 Å². The van der Waals surface area contributed by atoms with Crippen LogP contribution in [0, 0.1) is 0 Å². The smallest absolute Gasteiger partial charge is 0.260 e. The molecule has 0 saturated carbocycles. The molecule has 0 radical (unpaired) electrons. The highest BCUT2D eigenvalue weighted by Gasteiger charge is 2.25. The summed E-state index contributed by atoms with van der Waals surface area (Å²) in [4.78, 5) is 22.3.